The van der Waals surface area contributed by atoms with Crippen molar-refractivity contribution in [1.29, 1.82) is 0 Å². The van der Waals surface area contributed by atoms with Crippen molar-refractivity contribution in [1.82, 2.24) is 0 Å². The van der Waals surface area contributed by atoms with Crippen LogP contribution < -0.4 is 0 Å². The van der Waals surface area contributed by atoms with Gasteiger partial charge in [-0.25, -0.2) is 4.79 Å². The largest absolute Gasteiger partial charge is 0.481 e. The number of hydrogen-bond donors (Lipinski definition) is 1. The third-order valence-corrected chi connectivity index (χ3v) is 5.36. The molecule has 7 heteroatoms. The van der Waals surface area contributed by atoms with Gasteiger partial charge in [-0.2, -0.15) is 13.2 Å². The number of carboxylic acid groups (broad SMARTS) is 1. The molecule has 0 aromatic rings. The predicted octanol–water partition coefficient (Wildman–Crippen LogP) is 3.07. The monoisotopic (exact) mass is 318 g/mol. The summed E-state index contributed by atoms with van der Waals surface area (Å²) in [7, 11) is 0. The summed E-state index contributed by atoms with van der Waals surface area (Å²) in [4.78, 5) is 23.4. The topological polar surface area (TPSA) is 63.6 Å². The Morgan fingerprint density at radius 2 is 1.68 bits per heavy atom. The summed E-state index contributed by atoms with van der Waals surface area (Å²) in [5.41, 5.74) is -3.56. The van der Waals surface area contributed by atoms with E-state index in [1.807, 2.05) is 0 Å². The molecule has 0 radical (unpaired) electrons. The lowest BCUT2D eigenvalue weighted by molar-refractivity contribution is -0.211. The molecule has 4 saturated carbocycles. The molecule has 4 aliphatic carbocycles. The van der Waals surface area contributed by atoms with Crippen molar-refractivity contribution in [3.63, 3.8) is 0 Å². The van der Waals surface area contributed by atoms with Gasteiger partial charge in [0.25, 0.3) is 0 Å². The van der Waals surface area contributed by atoms with Gasteiger partial charge in [0.2, 0.25) is 0 Å². The average Bonchev–Trinajstić information content (AvgIpc) is 2.34. The van der Waals surface area contributed by atoms with Crippen LogP contribution in [0.15, 0.2) is 12.2 Å². The molecule has 4 rings (SSSR count). The number of ether oxygens (including phenoxy) is 1. The van der Waals surface area contributed by atoms with E-state index >= 15 is 0 Å². The third kappa shape index (κ3) is 2.30. The number of esters is 1. The summed E-state index contributed by atoms with van der Waals surface area (Å²) in [6.07, 6.45) is -1.89. The molecule has 0 heterocycles. The second kappa shape index (κ2) is 4.49. The van der Waals surface area contributed by atoms with Crippen LogP contribution in [0.3, 0.4) is 0 Å². The predicted molar refractivity (Wildman–Crippen MR) is 68.8 cm³/mol. The van der Waals surface area contributed by atoms with Gasteiger partial charge in [-0.15, -0.1) is 0 Å². The number of aliphatic carboxylic acids is 1. The van der Waals surface area contributed by atoms with E-state index in [4.69, 9.17) is 4.74 Å². The Balaban J connectivity index is 1.83. The summed E-state index contributed by atoms with van der Waals surface area (Å²) in [6, 6.07) is 0. The van der Waals surface area contributed by atoms with Crippen LogP contribution in [0.25, 0.3) is 0 Å². The van der Waals surface area contributed by atoms with Crippen LogP contribution in [0.4, 0.5) is 13.2 Å². The van der Waals surface area contributed by atoms with Gasteiger partial charge in [0.05, 0.1) is 5.41 Å². The highest BCUT2D eigenvalue weighted by Gasteiger charge is 2.63. The van der Waals surface area contributed by atoms with Crippen LogP contribution in [-0.4, -0.2) is 28.8 Å². The fourth-order valence-corrected chi connectivity index (χ4v) is 4.92. The van der Waals surface area contributed by atoms with Gasteiger partial charge < -0.3 is 9.84 Å². The lowest BCUT2D eigenvalue weighted by Gasteiger charge is -2.59. The van der Waals surface area contributed by atoms with Crippen LogP contribution >= 0.6 is 0 Å². The number of carbonyl (C=O) groups is 2. The third-order valence-electron chi connectivity index (χ3n) is 5.36. The summed E-state index contributed by atoms with van der Waals surface area (Å²) in [5.74, 6) is -2.21. The van der Waals surface area contributed by atoms with Gasteiger partial charge in [-0.1, -0.05) is 6.58 Å². The van der Waals surface area contributed by atoms with Crippen LogP contribution in [-0.2, 0) is 14.3 Å². The molecule has 122 valence electrons. The molecular formula is C15H17F3O4. The maximum Gasteiger partial charge on any atom is 0.422 e. The Bertz CT molecular complexity index is 537. The summed E-state index contributed by atoms with van der Waals surface area (Å²) >= 11 is 0. The molecule has 4 bridgehead atoms. The van der Waals surface area contributed by atoms with Crippen LogP contribution in [0, 0.1) is 17.3 Å². The van der Waals surface area contributed by atoms with E-state index in [9.17, 15) is 27.9 Å². The normalized spacial score (nSPS) is 39.6. The zero-order chi connectivity index (χ0) is 16.3. The molecule has 22 heavy (non-hydrogen) atoms. The van der Waals surface area contributed by atoms with E-state index in [0.717, 1.165) is 6.42 Å². The molecule has 4 nitrogen and oxygen atoms in total. The van der Waals surface area contributed by atoms with Crippen molar-refractivity contribution < 1.29 is 32.6 Å². The number of carboxylic acids is 1. The number of rotatable bonds is 3. The van der Waals surface area contributed by atoms with E-state index < -0.39 is 34.7 Å². The highest BCUT2D eigenvalue weighted by atomic mass is 19.4. The Hall–Kier alpha value is -1.53. The van der Waals surface area contributed by atoms with Gasteiger partial charge in [0.15, 0.2) is 0 Å². The van der Waals surface area contributed by atoms with Crippen molar-refractivity contribution in [3.05, 3.63) is 12.2 Å². The molecule has 0 spiro atoms. The molecule has 4 aliphatic rings. The summed E-state index contributed by atoms with van der Waals surface area (Å²) < 4.78 is 42.9. The summed E-state index contributed by atoms with van der Waals surface area (Å²) in [5, 5.41) is 9.53. The van der Waals surface area contributed by atoms with Crippen molar-refractivity contribution in [3.8, 4) is 0 Å². The molecule has 2 unspecified atom stereocenters. The molecule has 4 fully saturated rings. The van der Waals surface area contributed by atoms with Crippen LogP contribution in [0.5, 0.6) is 0 Å². The average molecular weight is 318 g/mol. The second-order valence-corrected chi connectivity index (χ2v) is 7.10. The first-order valence-corrected chi connectivity index (χ1v) is 7.28. The second-order valence-electron chi connectivity index (χ2n) is 7.10. The fraction of sp³-hybridized carbons (Fsp3) is 0.733. The standard InChI is InChI=1S/C15H17F3O4/c1-8(15(16,17)18)11(19)22-14-5-9-2-10(6-14)4-13(3-9,7-14)12(20)21/h9-10H,1-7H2,(H,20,21). The number of carbonyl (C=O) groups excluding carboxylic acids is 1. The molecule has 0 saturated heterocycles. The minimum Gasteiger partial charge on any atom is -0.481 e. The minimum absolute atomic E-state index is 0.101. The van der Waals surface area contributed by atoms with Crippen LogP contribution in [0.1, 0.15) is 38.5 Å². The SMILES string of the molecule is C=C(C(=O)OC12CC3CC(C1)CC(C(=O)O)(C3)C2)C(F)(F)F. The summed E-state index contributed by atoms with van der Waals surface area (Å²) in [6.45, 7) is 2.76. The zero-order valence-corrected chi connectivity index (χ0v) is 11.9. The van der Waals surface area contributed by atoms with Crippen molar-refractivity contribution in [2.45, 2.75) is 50.3 Å². The smallest absolute Gasteiger partial charge is 0.422 e. The molecule has 2 atom stereocenters. The quantitative estimate of drug-likeness (QED) is 0.641. The molecule has 1 N–H and O–H groups in total. The van der Waals surface area contributed by atoms with Gasteiger partial charge in [0.1, 0.15) is 11.2 Å². The van der Waals surface area contributed by atoms with Crippen molar-refractivity contribution in [2.75, 3.05) is 0 Å². The lowest BCUT2D eigenvalue weighted by Crippen LogP contribution is -2.59. The van der Waals surface area contributed by atoms with E-state index in [1.54, 1.807) is 0 Å². The molecule has 0 aromatic heterocycles. The Morgan fingerprint density at radius 3 is 2.14 bits per heavy atom. The number of halogens is 3. The van der Waals surface area contributed by atoms with E-state index in [0.29, 0.717) is 25.7 Å². The lowest BCUT2D eigenvalue weighted by atomic mass is 9.48. The molecular weight excluding hydrogens is 301 g/mol. The van der Waals surface area contributed by atoms with Crippen LogP contribution in [0.2, 0.25) is 0 Å². The van der Waals surface area contributed by atoms with Gasteiger partial charge in [-0.05, 0) is 43.9 Å². The number of alkyl halides is 3. The van der Waals surface area contributed by atoms with Gasteiger partial charge in [-0.3, -0.25) is 4.79 Å². The maximum absolute atomic E-state index is 12.6. The highest BCUT2D eigenvalue weighted by Crippen LogP contribution is 2.63. The van der Waals surface area contributed by atoms with Gasteiger partial charge >= 0.3 is 18.1 Å². The van der Waals surface area contributed by atoms with E-state index in [1.165, 1.54) is 0 Å². The Labute approximate surface area is 125 Å². The van der Waals surface area contributed by atoms with Crippen molar-refractivity contribution >= 4 is 11.9 Å². The van der Waals surface area contributed by atoms with Gasteiger partial charge in [0, 0.05) is 6.42 Å². The first kappa shape index (κ1) is 15.4. The van der Waals surface area contributed by atoms with E-state index in [2.05, 4.69) is 6.58 Å². The fourth-order valence-electron chi connectivity index (χ4n) is 4.92. The highest BCUT2D eigenvalue weighted by molar-refractivity contribution is 5.89. The maximum atomic E-state index is 12.6. The van der Waals surface area contributed by atoms with Crippen molar-refractivity contribution in [2.24, 2.45) is 17.3 Å². The number of hydrogen-bond acceptors (Lipinski definition) is 3. The molecule has 0 amide bonds. The first-order chi connectivity index (χ1) is 10.1. The molecule has 0 aromatic carbocycles. The minimum atomic E-state index is -4.83. The zero-order valence-electron chi connectivity index (χ0n) is 11.9. The Morgan fingerprint density at radius 1 is 1.14 bits per heavy atom. The van der Waals surface area contributed by atoms with E-state index in [-0.39, 0.29) is 18.3 Å². The first-order valence-electron chi connectivity index (χ1n) is 7.28. The Kier molecular flexibility index (Phi) is 3.14. The molecule has 0 aliphatic heterocycles.